The van der Waals surface area contributed by atoms with Gasteiger partial charge >= 0.3 is 0 Å². The van der Waals surface area contributed by atoms with Crippen LogP contribution in [-0.4, -0.2) is 67.6 Å². The summed E-state index contributed by atoms with van der Waals surface area (Å²) < 4.78 is 22.4. The van der Waals surface area contributed by atoms with Gasteiger partial charge in [-0.1, -0.05) is 0 Å². The summed E-state index contributed by atoms with van der Waals surface area (Å²) in [4.78, 5) is 13.3. The molecule has 0 bridgehead atoms. The molecule has 0 aliphatic carbocycles. The minimum absolute atomic E-state index is 0.0136. The summed E-state index contributed by atoms with van der Waals surface area (Å²) in [5.41, 5.74) is 5.78. The fraction of sp³-hybridized carbons (Fsp3) is 0.250. The van der Waals surface area contributed by atoms with E-state index in [9.17, 15) is 9.65 Å². The quantitative estimate of drug-likeness (QED) is 0.333. The van der Waals surface area contributed by atoms with Crippen molar-refractivity contribution in [1.29, 1.82) is 5.26 Å². The van der Waals surface area contributed by atoms with Crippen molar-refractivity contribution in [1.82, 2.24) is 34.3 Å². The Kier molecular flexibility index (Phi) is 6.38. The summed E-state index contributed by atoms with van der Waals surface area (Å²) in [6, 6.07) is 9.85. The second-order valence-corrected chi connectivity index (χ2v) is 9.51. The van der Waals surface area contributed by atoms with Gasteiger partial charge in [0.2, 0.25) is 5.88 Å². The summed E-state index contributed by atoms with van der Waals surface area (Å²) in [6.45, 7) is 3.89. The van der Waals surface area contributed by atoms with Crippen molar-refractivity contribution in [2.45, 2.75) is 6.54 Å². The Hall–Kier alpha value is -4.82. The van der Waals surface area contributed by atoms with E-state index in [-0.39, 0.29) is 5.88 Å². The van der Waals surface area contributed by atoms with E-state index in [1.807, 2.05) is 44.0 Å². The lowest BCUT2D eigenvalue weighted by molar-refractivity contribution is 0.248. The average molecular weight is 524 g/mol. The SMILES string of the molecule is COc1ncc(CN2CCN(c3ccc(-c4cc(-c5cnn(C)c5)cn5ncc(C#N)c45)cn3)CC2)cc1F. The zero-order chi connectivity index (χ0) is 26.9. The van der Waals surface area contributed by atoms with Crippen LogP contribution in [0, 0.1) is 17.1 Å². The molecule has 0 saturated carbocycles. The monoisotopic (exact) mass is 523 g/mol. The molecule has 0 unspecified atom stereocenters. The van der Waals surface area contributed by atoms with Gasteiger partial charge in [0.1, 0.15) is 11.9 Å². The van der Waals surface area contributed by atoms with Crippen LogP contribution in [0.5, 0.6) is 5.88 Å². The maximum atomic E-state index is 14.0. The molecule has 196 valence electrons. The molecule has 5 aromatic heterocycles. The smallest absolute Gasteiger partial charge is 0.250 e. The van der Waals surface area contributed by atoms with E-state index in [0.717, 1.165) is 65.3 Å². The lowest BCUT2D eigenvalue weighted by Crippen LogP contribution is -2.46. The molecule has 10 nitrogen and oxygen atoms in total. The molecule has 0 N–H and O–H groups in total. The molecule has 5 aromatic rings. The van der Waals surface area contributed by atoms with Crippen molar-refractivity contribution in [2.75, 3.05) is 38.2 Å². The summed E-state index contributed by atoms with van der Waals surface area (Å²) in [6.07, 6.45) is 10.8. The van der Waals surface area contributed by atoms with Crippen LogP contribution in [0.3, 0.4) is 0 Å². The predicted octanol–water partition coefficient (Wildman–Crippen LogP) is 3.53. The van der Waals surface area contributed by atoms with E-state index in [2.05, 4.69) is 37.1 Å². The molecule has 1 saturated heterocycles. The van der Waals surface area contributed by atoms with Crippen molar-refractivity contribution >= 4 is 11.3 Å². The highest BCUT2D eigenvalue weighted by Crippen LogP contribution is 2.32. The Balaban J connectivity index is 1.20. The van der Waals surface area contributed by atoms with Crippen molar-refractivity contribution in [3.8, 4) is 34.2 Å². The van der Waals surface area contributed by atoms with Crippen molar-refractivity contribution < 1.29 is 9.13 Å². The third-order valence-corrected chi connectivity index (χ3v) is 6.99. The van der Waals surface area contributed by atoms with Crippen LogP contribution < -0.4 is 9.64 Å². The zero-order valence-electron chi connectivity index (χ0n) is 21.6. The van der Waals surface area contributed by atoms with Crippen LogP contribution in [0.4, 0.5) is 10.2 Å². The molecule has 0 radical (unpaired) electrons. The van der Waals surface area contributed by atoms with Gasteiger partial charge in [0.15, 0.2) is 5.82 Å². The molecule has 1 aliphatic heterocycles. The highest BCUT2D eigenvalue weighted by Gasteiger charge is 2.20. The van der Waals surface area contributed by atoms with Crippen molar-refractivity contribution in [3.05, 3.63) is 78.4 Å². The minimum atomic E-state index is -0.445. The molecule has 39 heavy (non-hydrogen) atoms. The number of aryl methyl sites for hydroxylation is 1. The molecule has 6 rings (SSSR count). The first-order valence-electron chi connectivity index (χ1n) is 12.5. The molecule has 0 spiro atoms. The Morgan fingerprint density at radius 3 is 2.46 bits per heavy atom. The number of nitrogens with zero attached hydrogens (tertiary/aromatic N) is 9. The van der Waals surface area contributed by atoms with E-state index < -0.39 is 5.82 Å². The topological polar surface area (TPSA) is 100 Å². The van der Waals surface area contributed by atoms with Crippen LogP contribution in [0.2, 0.25) is 0 Å². The number of nitriles is 1. The van der Waals surface area contributed by atoms with Gasteiger partial charge in [-0.15, -0.1) is 0 Å². The van der Waals surface area contributed by atoms with Gasteiger partial charge < -0.3 is 9.64 Å². The maximum Gasteiger partial charge on any atom is 0.250 e. The highest BCUT2D eigenvalue weighted by molar-refractivity contribution is 5.87. The number of aromatic nitrogens is 6. The van der Waals surface area contributed by atoms with Gasteiger partial charge in [0.05, 0.1) is 30.6 Å². The van der Waals surface area contributed by atoms with Crippen molar-refractivity contribution in [2.24, 2.45) is 7.05 Å². The second-order valence-electron chi connectivity index (χ2n) is 9.51. The maximum absolute atomic E-state index is 14.0. The number of fused-ring (bicyclic) bond motifs is 1. The normalized spacial score (nSPS) is 14.1. The Morgan fingerprint density at radius 1 is 0.949 bits per heavy atom. The van der Waals surface area contributed by atoms with Gasteiger partial charge in [-0.3, -0.25) is 9.58 Å². The number of halogens is 1. The molecule has 0 amide bonds. The van der Waals surface area contributed by atoms with E-state index in [1.54, 1.807) is 21.6 Å². The molecule has 0 aromatic carbocycles. The van der Waals surface area contributed by atoms with Gasteiger partial charge in [-0.25, -0.2) is 18.9 Å². The summed E-state index contributed by atoms with van der Waals surface area (Å²) in [5.74, 6) is 0.461. The summed E-state index contributed by atoms with van der Waals surface area (Å²) in [5, 5.41) is 18.4. The number of pyridine rings is 3. The van der Waals surface area contributed by atoms with Crippen LogP contribution >= 0.6 is 0 Å². The number of anilines is 1. The fourth-order valence-corrected chi connectivity index (χ4v) is 4.98. The Labute approximate surface area is 224 Å². The van der Waals surface area contributed by atoms with Crippen LogP contribution in [0.15, 0.2) is 61.4 Å². The number of rotatable bonds is 6. The first-order valence-corrected chi connectivity index (χ1v) is 12.5. The second kappa shape index (κ2) is 10.2. The van der Waals surface area contributed by atoms with E-state index in [4.69, 9.17) is 9.72 Å². The molecule has 1 aliphatic rings. The molecule has 1 fully saturated rings. The first kappa shape index (κ1) is 24.5. The van der Waals surface area contributed by atoms with Crippen LogP contribution in [-0.2, 0) is 13.6 Å². The Morgan fingerprint density at radius 2 is 1.79 bits per heavy atom. The van der Waals surface area contributed by atoms with Crippen molar-refractivity contribution in [3.63, 3.8) is 0 Å². The minimum Gasteiger partial charge on any atom is -0.479 e. The molecule has 6 heterocycles. The average Bonchev–Trinajstić information content (AvgIpc) is 3.59. The van der Waals surface area contributed by atoms with Gasteiger partial charge in [-0.2, -0.15) is 15.5 Å². The van der Waals surface area contributed by atoms with E-state index >= 15 is 0 Å². The number of piperazine rings is 1. The lowest BCUT2D eigenvalue weighted by Gasteiger charge is -2.35. The lowest BCUT2D eigenvalue weighted by atomic mass is 10.0. The van der Waals surface area contributed by atoms with Gasteiger partial charge in [0, 0.05) is 86.8 Å². The number of ether oxygens (including phenoxy) is 1. The number of hydrogen-bond acceptors (Lipinski definition) is 8. The van der Waals surface area contributed by atoms with E-state index in [0.29, 0.717) is 12.1 Å². The number of hydrogen-bond donors (Lipinski definition) is 0. The predicted molar refractivity (Wildman–Crippen MR) is 144 cm³/mol. The summed E-state index contributed by atoms with van der Waals surface area (Å²) in [7, 11) is 3.29. The molecule has 0 atom stereocenters. The Bertz CT molecular complexity index is 1680. The third kappa shape index (κ3) is 4.78. The molecule has 11 heteroatoms. The standard InChI is InChI=1S/C28H26FN9O/c1-35-17-23(15-33-35)21-10-24(27-22(11-30)14-34-38(27)18-21)20-3-4-26(31-13-20)37-7-5-36(6-8-37)16-19-9-25(29)28(39-2)32-12-19/h3-4,9-10,12-15,17-18H,5-8,16H2,1-2H3. The van der Waals surface area contributed by atoms with Gasteiger partial charge in [-0.05, 0) is 29.8 Å². The van der Waals surface area contributed by atoms with Gasteiger partial charge in [0.25, 0.3) is 0 Å². The summed E-state index contributed by atoms with van der Waals surface area (Å²) >= 11 is 0. The fourth-order valence-electron chi connectivity index (χ4n) is 4.98. The largest absolute Gasteiger partial charge is 0.479 e. The van der Waals surface area contributed by atoms with Crippen LogP contribution in [0.25, 0.3) is 27.8 Å². The molecular weight excluding hydrogens is 497 g/mol. The van der Waals surface area contributed by atoms with E-state index in [1.165, 1.54) is 13.2 Å². The molecular formula is C28H26FN9O. The van der Waals surface area contributed by atoms with Crippen LogP contribution in [0.1, 0.15) is 11.1 Å². The first-order chi connectivity index (χ1) is 19.0. The number of methoxy groups -OCH3 is 1. The third-order valence-electron chi connectivity index (χ3n) is 6.99. The highest BCUT2D eigenvalue weighted by atomic mass is 19.1. The zero-order valence-corrected chi connectivity index (χ0v) is 21.6.